The highest BCUT2D eigenvalue weighted by atomic mass is 16.5. The van der Waals surface area contributed by atoms with Crippen LogP contribution in [0.4, 0.5) is 0 Å². The molecule has 0 aliphatic carbocycles. The molecule has 0 saturated carbocycles. The summed E-state index contributed by atoms with van der Waals surface area (Å²) in [4.78, 5) is 2.66. The van der Waals surface area contributed by atoms with E-state index < -0.39 is 0 Å². The molecule has 0 radical (unpaired) electrons. The SMILES string of the molecule is [N-]=[N+]=N[C@@H]1CCOC1. The van der Waals surface area contributed by atoms with Gasteiger partial charge < -0.3 is 4.74 Å². The summed E-state index contributed by atoms with van der Waals surface area (Å²) < 4.78 is 4.94. The number of azide groups is 1. The lowest BCUT2D eigenvalue weighted by Gasteiger charge is -1.90. The van der Waals surface area contributed by atoms with Crippen LogP contribution in [-0.2, 0) is 4.74 Å². The second kappa shape index (κ2) is 2.55. The van der Waals surface area contributed by atoms with E-state index in [2.05, 4.69) is 10.0 Å². The van der Waals surface area contributed by atoms with Gasteiger partial charge in [0.15, 0.2) is 0 Å². The maximum atomic E-state index is 7.93. The summed E-state index contributed by atoms with van der Waals surface area (Å²) >= 11 is 0. The van der Waals surface area contributed by atoms with Gasteiger partial charge in [0.25, 0.3) is 0 Å². The lowest BCUT2D eigenvalue weighted by Crippen LogP contribution is -1.99. The molecule has 8 heavy (non-hydrogen) atoms. The van der Waals surface area contributed by atoms with E-state index in [-0.39, 0.29) is 6.04 Å². The summed E-state index contributed by atoms with van der Waals surface area (Å²) in [5.41, 5.74) is 7.93. The van der Waals surface area contributed by atoms with Crippen molar-refractivity contribution >= 4 is 0 Å². The first-order valence-corrected chi connectivity index (χ1v) is 2.55. The Morgan fingerprint density at radius 3 is 3.12 bits per heavy atom. The zero-order chi connectivity index (χ0) is 5.82. The van der Waals surface area contributed by atoms with Crippen LogP contribution >= 0.6 is 0 Å². The number of rotatable bonds is 1. The molecule has 0 unspecified atom stereocenters. The average molecular weight is 113 g/mol. The minimum atomic E-state index is 0.0972. The smallest absolute Gasteiger partial charge is 0.0629 e. The predicted octanol–water partition coefficient (Wildman–Crippen LogP) is 1.09. The van der Waals surface area contributed by atoms with E-state index in [9.17, 15) is 0 Å². The lowest BCUT2D eigenvalue weighted by atomic mass is 10.3. The van der Waals surface area contributed by atoms with Crippen molar-refractivity contribution in [3.05, 3.63) is 10.4 Å². The fraction of sp³-hybridized carbons (Fsp3) is 1.00. The topological polar surface area (TPSA) is 58.0 Å². The van der Waals surface area contributed by atoms with E-state index in [1.165, 1.54) is 0 Å². The van der Waals surface area contributed by atoms with Crippen LogP contribution in [0, 0.1) is 0 Å². The van der Waals surface area contributed by atoms with Gasteiger partial charge in [-0.15, -0.1) is 0 Å². The highest BCUT2D eigenvalue weighted by Gasteiger charge is 2.12. The minimum Gasteiger partial charge on any atom is -0.381 e. The third-order valence-corrected chi connectivity index (χ3v) is 1.12. The molecule has 1 aliphatic heterocycles. The molecule has 1 heterocycles. The lowest BCUT2D eigenvalue weighted by molar-refractivity contribution is 0.194. The Labute approximate surface area is 47.1 Å². The van der Waals surface area contributed by atoms with Crippen LogP contribution in [0.3, 0.4) is 0 Å². The summed E-state index contributed by atoms with van der Waals surface area (Å²) in [5, 5.41) is 3.48. The molecule has 0 aromatic rings. The fourth-order valence-corrected chi connectivity index (χ4v) is 0.686. The van der Waals surface area contributed by atoms with Crippen molar-refractivity contribution in [1.82, 2.24) is 0 Å². The standard InChI is InChI=1S/C4H7N3O/c5-7-6-4-1-2-8-3-4/h4H,1-3H2/t4-/m1/s1. The Morgan fingerprint density at radius 1 is 1.75 bits per heavy atom. The van der Waals surface area contributed by atoms with Crippen molar-refractivity contribution < 1.29 is 4.74 Å². The number of hydrogen-bond acceptors (Lipinski definition) is 2. The zero-order valence-electron chi connectivity index (χ0n) is 4.45. The van der Waals surface area contributed by atoms with Gasteiger partial charge in [0.05, 0.1) is 12.6 Å². The van der Waals surface area contributed by atoms with E-state index in [1.54, 1.807) is 0 Å². The summed E-state index contributed by atoms with van der Waals surface area (Å²) in [5.74, 6) is 0. The van der Waals surface area contributed by atoms with Crippen molar-refractivity contribution in [2.45, 2.75) is 12.5 Å². The van der Waals surface area contributed by atoms with Crippen LogP contribution in [0.15, 0.2) is 5.11 Å². The van der Waals surface area contributed by atoms with Crippen molar-refractivity contribution in [3.63, 3.8) is 0 Å². The van der Waals surface area contributed by atoms with Crippen LogP contribution in [-0.4, -0.2) is 19.3 Å². The summed E-state index contributed by atoms with van der Waals surface area (Å²) in [6.45, 7) is 1.34. The number of nitrogens with zero attached hydrogens (tertiary/aromatic N) is 3. The normalized spacial score (nSPS) is 27.2. The Bertz CT molecular complexity index is 112. The summed E-state index contributed by atoms with van der Waals surface area (Å²) in [6, 6.07) is 0.0972. The highest BCUT2D eigenvalue weighted by Crippen LogP contribution is 2.06. The molecule has 0 spiro atoms. The monoisotopic (exact) mass is 113 g/mol. The fourth-order valence-electron chi connectivity index (χ4n) is 0.686. The highest BCUT2D eigenvalue weighted by molar-refractivity contribution is 4.70. The van der Waals surface area contributed by atoms with Gasteiger partial charge in [-0.25, -0.2) is 0 Å². The van der Waals surface area contributed by atoms with Crippen molar-refractivity contribution in [1.29, 1.82) is 0 Å². The molecular weight excluding hydrogens is 106 g/mol. The number of hydrogen-bond donors (Lipinski definition) is 0. The molecule has 1 rings (SSSR count). The third kappa shape index (κ3) is 1.12. The average Bonchev–Trinajstić information content (AvgIpc) is 2.19. The first kappa shape index (κ1) is 5.41. The molecule has 1 aliphatic rings. The van der Waals surface area contributed by atoms with Gasteiger partial charge in [0.1, 0.15) is 0 Å². The van der Waals surface area contributed by atoms with Crippen LogP contribution in [0.1, 0.15) is 6.42 Å². The molecule has 0 aromatic carbocycles. The van der Waals surface area contributed by atoms with Crippen LogP contribution in [0.25, 0.3) is 10.4 Å². The first-order valence-electron chi connectivity index (χ1n) is 2.55. The van der Waals surface area contributed by atoms with Gasteiger partial charge in [-0.05, 0) is 12.0 Å². The van der Waals surface area contributed by atoms with Gasteiger partial charge in [-0.2, -0.15) is 0 Å². The van der Waals surface area contributed by atoms with Gasteiger partial charge in [0.2, 0.25) is 0 Å². The minimum absolute atomic E-state index is 0.0972. The van der Waals surface area contributed by atoms with E-state index in [0.29, 0.717) is 6.61 Å². The molecule has 0 N–H and O–H groups in total. The second-order valence-corrected chi connectivity index (χ2v) is 1.72. The molecule has 0 aromatic heterocycles. The van der Waals surface area contributed by atoms with Gasteiger partial charge in [-0.1, -0.05) is 5.11 Å². The van der Waals surface area contributed by atoms with Crippen LogP contribution in [0.2, 0.25) is 0 Å². The zero-order valence-corrected chi connectivity index (χ0v) is 4.45. The Morgan fingerprint density at radius 2 is 2.62 bits per heavy atom. The molecule has 1 atom stereocenters. The van der Waals surface area contributed by atoms with Gasteiger partial charge in [-0.3, -0.25) is 0 Å². The summed E-state index contributed by atoms with van der Waals surface area (Å²) in [7, 11) is 0. The maximum Gasteiger partial charge on any atom is 0.0629 e. The van der Waals surface area contributed by atoms with Crippen LogP contribution in [0.5, 0.6) is 0 Å². The molecule has 44 valence electrons. The molecule has 4 nitrogen and oxygen atoms in total. The van der Waals surface area contributed by atoms with Crippen molar-refractivity contribution in [3.8, 4) is 0 Å². The maximum absolute atomic E-state index is 7.93. The van der Waals surface area contributed by atoms with Gasteiger partial charge >= 0.3 is 0 Å². The quantitative estimate of drug-likeness (QED) is 0.285. The van der Waals surface area contributed by atoms with Crippen molar-refractivity contribution in [2.24, 2.45) is 5.11 Å². The molecular formula is C4H7N3O. The molecule has 1 saturated heterocycles. The van der Waals surface area contributed by atoms with Crippen LogP contribution < -0.4 is 0 Å². The molecule has 0 bridgehead atoms. The second-order valence-electron chi connectivity index (χ2n) is 1.72. The Kier molecular flexibility index (Phi) is 1.72. The van der Waals surface area contributed by atoms with E-state index >= 15 is 0 Å². The Balaban J connectivity index is 2.35. The molecule has 1 fully saturated rings. The Hall–Kier alpha value is -0.730. The van der Waals surface area contributed by atoms with E-state index in [0.717, 1.165) is 13.0 Å². The third-order valence-electron chi connectivity index (χ3n) is 1.12. The summed E-state index contributed by atoms with van der Waals surface area (Å²) in [6.07, 6.45) is 0.879. The van der Waals surface area contributed by atoms with Gasteiger partial charge in [0, 0.05) is 11.5 Å². The predicted molar refractivity (Wildman–Crippen MR) is 28.4 cm³/mol. The largest absolute Gasteiger partial charge is 0.381 e. The molecule has 0 amide bonds. The van der Waals surface area contributed by atoms with E-state index in [4.69, 9.17) is 10.3 Å². The number of ether oxygens (including phenoxy) is 1. The molecule has 4 heteroatoms. The first-order chi connectivity index (χ1) is 3.93. The van der Waals surface area contributed by atoms with Crippen molar-refractivity contribution in [2.75, 3.05) is 13.2 Å². The van der Waals surface area contributed by atoms with E-state index in [1.807, 2.05) is 0 Å².